The summed E-state index contributed by atoms with van der Waals surface area (Å²) in [6.45, 7) is 4.04. The third-order valence-corrected chi connectivity index (χ3v) is 4.76. The van der Waals surface area contributed by atoms with Gasteiger partial charge in [0.15, 0.2) is 0 Å². The molecule has 1 saturated heterocycles. The number of rotatable bonds is 2. The van der Waals surface area contributed by atoms with E-state index in [1.54, 1.807) is 6.92 Å². The third kappa shape index (κ3) is 3.39. The standard InChI is InChI=1S/C13H18BrNOS/c1-10(16)12-4-3-11(9-13(12)14)15-5-2-7-17-8-6-15/h3-4,9-10,16H,2,5-8H2,1H3/t10-/m1/s1. The second-order valence-electron chi connectivity index (χ2n) is 4.33. The molecule has 1 N–H and O–H groups in total. The van der Waals surface area contributed by atoms with Crippen LogP contribution < -0.4 is 4.90 Å². The number of benzene rings is 1. The zero-order valence-corrected chi connectivity index (χ0v) is 12.4. The monoisotopic (exact) mass is 315 g/mol. The van der Waals surface area contributed by atoms with E-state index in [2.05, 4.69) is 33.0 Å². The van der Waals surface area contributed by atoms with E-state index in [1.165, 1.54) is 23.6 Å². The van der Waals surface area contributed by atoms with E-state index >= 15 is 0 Å². The smallest absolute Gasteiger partial charge is 0.0772 e. The van der Waals surface area contributed by atoms with E-state index in [1.807, 2.05) is 17.8 Å². The first-order chi connectivity index (χ1) is 8.18. The molecule has 1 atom stereocenters. The molecule has 1 aliphatic heterocycles. The summed E-state index contributed by atoms with van der Waals surface area (Å²) in [5.74, 6) is 2.47. The quantitative estimate of drug-likeness (QED) is 0.904. The summed E-state index contributed by atoms with van der Waals surface area (Å²) in [4.78, 5) is 2.43. The van der Waals surface area contributed by atoms with Gasteiger partial charge >= 0.3 is 0 Å². The van der Waals surface area contributed by atoms with Crippen LogP contribution in [0.4, 0.5) is 5.69 Å². The Balaban J connectivity index is 2.18. The maximum atomic E-state index is 9.60. The Morgan fingerprint density at radius 1 is 1.35 bits per heavy atom. The molecule has 0 aliphatic carbocycles. The lowest BCUT2D eigenvalue weighted by Gasteiger charge is -2.23. The van der Waals surface area contributed by atoms with Crippen LogP contribution in [0.3, 0.4) is 0 Å². The number of aliphatic hydroxyl groups is 1. The number of hydrogen-bond donors (Lipinski definition) is 1. The molecule has 0 bridgehead atoms. The Morgan fingerprint density at radius 2 is 2.18 bits per heavy atom. The number of halogens is 1. The van der Waals surface area contributed by atoms with Gasteiger partial charge in [-0.05, 0) is 36.8 Å². The van der Waals surface area contributed by atoms with Gasteiger partial charge in [0.1, 0.15) is 0 Å². The lowest BCUT2D eigenvalue weighted by Crippen LogP contribution is -2.25. The molecule has 1 heterocycles. The van der Waals surface area contributed by atoms with Gasteiger partial charge in [-0.3, -0.25) is 0 Å². The predicted molar refractivity (Wildman–Crippen MR) is 78.9 cm³/mol. The molecule has 2 nitrogen and oxygen atoms in total. The van der Waals surface area contributed by atoms with E-state index in [9.17, 15) is 5.11 Å². The highest BCUT2D eigenvalue weighted by molar-refractivity contribution is 9.10. The molecule has 4 heteroatoms. The molecule has 17 heavy (non-hydrogen) atoms. The highest BCUT2D eigenvalue weighted by Crippen LogP contribution is 2.29. The normalized spacial score (nSPS) is 18.9. The number of hydrogen-bond acceptors (Lipinski definition) is 3. The molecular weight excluding hydrogens is 298 g/mol. The molecule has 0 saturated carbocycles. The zero-order valence-electron chi connectivity index (χ0n) is 10.0. The predicted octanol–water partition coefficient (Wildman–Crippen LogP) is 3.45. The average Bonchev–Trinajstić information content (AvgIpc) is 2.56. The fraction of sp³-hybridized carbons (Fsp3) is 0.538. The van der Waals surface area contributed by atoms with Crippen LogP contribution in [0.2, 0.25) is 0 Å². The topological polar surface area (TPSA) is 23.5 Å². The minimum Gasteiger partial charge on any atom is -0.389 e. The summed E-state index contributed by atoms with van der Waals surface area (Å²) in [6, 6.07) is 6.25. The van der Waals surface area contributed by atoms with Gasteiger partial charge in [0.2, 0.25) is 0 Å². The van der Waals surface area contributed by atoms with Gasteiger partial charge in [0, 0.05) is 29.0 Å². The van der Waals surface area contributed by atoms with Crippen molar-refractivity contribution >= 4 is 33.4 Å². The first-order valence-corrected chi connectivity index (χ1v) is 7.93. The molecule has 94 valence electrons. The first-order valence-electron chi connectivity index (χ1n) is 5.98. The molecule has 2 rings (SSSR count). The van der Waals surface area contributed by atoms with Crippen molar-refractivity contribution < 1.29 is 5.11 Å². The van der Waals surface area contributed by atoms with Crippen molar-refractivity contribution in [3.8, 4) is 0 Å². The molecule has 0 unspecified atom stereocenters. The molecule has 1 aromatic rings. The van der Waals surface area contributed by atoms with Crippen LogP contribution in [0, 0.1) is 0 Å². The summed E-state index contributed by atoms with van der Waals surface area (Å²) < 4.78 is 1.00. The minimum atomic E-state index is -0.418. The minimum absolute atomic E-state index is 0.418. The second-order valence-corrected chi connectivity index (χ2v) is 6.41. The SMILES string of the molecule is C[C@@H](O)c1ccc(N2CCCSCC2)cc1Br. The van der Waals surface area contributed by atoms with Crippen molar-refractivity contribution in [2.45, 2.75) is 19.4 Å². The van der Waals surface area contributed by atoms with Crippen LogP contribution in [0.15, 0.2) is 22.7 Å². The molecule has 0 amide bonds. The van der Waals surface area contributed by atoms with Crippen molar-refractivity contribution in [1.82, 2.24) is 0 Å². The Kier molecular flexibility index (Phi) is 4.77. The van der Waals surface area contributed by atoms with E-state index in [-0.39, 0.29) is 0 Å². The molecule has 0 spiro atoms. The summed E-state index contributed by atoms with van der Waals surface area (Å²) in [7, 11) is 0. The average molecular weight is 316 g/mol. The van der Waals surface area contributed by atoms with Gasteiger partial charge in [-0.15, -0.1) is 0 Å². The van der Waals surface area contributed by atoms with Crippen LogP contribution >= 0.6 is 27.7 Å². The summed E-state index contributed by atoms with van der Waals surface area (Å²) in [5.41, 5.74) is 2.21. The molecule has 1 aliphatic rings. The molecular formula is C13H18BrNOS. The lowest BCUT2D eigenvalue weighted by atomic mass is 10.1. The number of aliphatic hydroxyl groups excluding tert-OH is 1. The van der Waals surface area contributed by atoms with E-state index in [0.717, 1.165) is 23.1 Å². The van der Waals surface area contributed by atoms with Crippen LogP contribution in [-0.4, -0.2) is 29.7 Å². The number of anilines is 1. The fourth-order valence-corrected chi connectivity index (χ4v) is 3.64. The van der Waals surface area contributed by atoms with Gasteiger partial charge < -0.3 is 10.0 Å². The second kappa shape index (κ2) is 6.12. The number of thioether (sulfide) groups is 1. The first kappa shape index (κ1) is 13.2. The van der Waals surface area contributed by atoms with Gasteiger partial charge in [0.25, 0.3) is 0 Å². The van der Waals surface area contributed by atoms with Gasteiger partial charge in [0.05, 0.1) is 6.10 Å². The molecule has 0 aromatic heterocycles. The summed E-state index contributed by atoms with van der Waals surface area (Å²) in [6.07, 6.45) is 0.832. The summed E-state index contributed by atoms with van der Waals surface area (Å²) >= 11 is 5.57. The molecule has 1 aromatic carbocycles. The van der Waals surface area contributed by atoms with Gasteiger partial charge in [-0.2, -0.15) is 11.8 Å². The highest BCUT2D eigenvalue weighted by atomic mass is 79.9. The molecule has 0 radical (unpaired) electrons. The maximum absolute atomic E-state index is 9.60. The van der Waals surface area contributed by atoms with Crippen LogP contribution in [0.1, 0.15) is 25.0 Å². The fourth-order valence-electron chi connectivity index (χ4n) is 2.06. The van der Waals surface area contributed by atoms with Crippen molar-refractivity contribution in [2.24, 2.45) is 0 Å². The van der Waals surface area contributed by atoms with Crippen LogP contribution in [-0.2, 0) is 0 Å². The Bertz CT molecular complexity index is 376. The van der Waals surface area contributed by atoms with Crippen LogP contribution in [0.5, 0.6) is 0 Å². The van der Waals surface area contributed by atoms with Crippen LogP contribution in [0.25, 0.3) is 0 Å². The van der Waals surface area contributed by atoms with Crippen molar-refractivity contribution in [1.29, 1.82) is 0 Å². The largest absolute Gasteiger partial charge is 0.389 e. The number of nitrogens with zero attached hydrogens (tertiary/aromatic N) is 1. The van der Waals surface area contributed by atoms with Crippen molar-refractivity contribution in [3.05, 3.63) is 28.2 Å². The van der Waals surface area contributed by atoms with Crippen molar-refractivity contribution in [2.75, 3.05) is 29.5 Å². The highest BCUT2D eigenvalue weighted by Gasteiger charge is 2.12. The zero-order chi connectivity index (χ0) is 12.3. The Morgan fingerprint density at radius 3 is 2.88 bits per heavy atom. The van der Waals surface area contributed by atoms with E-state index in [0.29, 0.717) is 0 Å². The third-order valence-electron chi connectivity index (χ3n) is 3.02. The van der Waals surface area contributed by atoms with Gasteiger partial charge in [-0.25, -0.2) is 0 Å². The van der Waals surface area contributed by atoms with Gasteiger partial charge in [-0.1, -0.05) is 22.0 Å². The Hall–Kier alpha value is -0.190. The summed E-state index contributed by atoms with van der Waals surface area (Å²) in [5, 5.41) is 9.60. The van der Waals surface area contributed by atoms with E-state index in [4.69, 9.17) is 0 Å². The van der Waals surface area contributed by atoms with E-state index < -0.39 is 6.10 Å². The van der Waals surface area contributed by atoms with Crippen molar-refractivity contribution in [3.63, 3.8) is 0 Å². The lowest BCUT2D eigenvalue weighted by molar-refractivity contribution is 0.198. The Labute approximate surface area is 116 Å². The maximum Gasteiger partial charge on any atom is 0.0772 e. The molecule has 1 fully saturated rings.